The zero-order valence-electron chi connectivity index (χ0n) is 17.8. The molecule has 2 heterocycles. The van der Waals surface area contributed by atoms with E-state index in [4.69, 9.17) is 16.9 Å². The van der Waals surface area contributed by atoms with E-state index in [1.165, 1.54) is 6.42 Å². The summed E-state index contributed by atoms with van der Waals surface area (Å²) in [6.07, 6.45) is 5.34. The molecular formula is C23H31ClN4O2. The van der Waals surface area contributed by atoms with E-state index in [2.05, 4.69) is 11.0 Å². The Morgan fingerprint density at radius 1 is 1.17 bits per heavy atom. The van der Waals surface area contributed by atoms with Crippen LogP contribution in [0.25, 0.3) is 0 Å². The number of hydrogen-bond donors (Lipinski definition) is 0. The van der Waals surface area contributed by atoms with Crippen molar-refractivity contribution in [2.75, 3.05) is 44.2 Å². The highest BCUT2D eigenvalue weighted by atomic mass is 35.5. The van der Waals surface area contributed by atoms with E-state index in [9.17, 15) is 9.59 Å². The number of amides is 2. The highest BCUT2D eigenvalue weighted by Gasteiger charge is 2.30. The monoisotopic (exact) mass is 430 g/mol. The summed E-state index contributed by atoms with van der Waals surface area (Å²) in [4.78, 5) is 31.6. The van der Waals surface area contributed by atoms with Crippen molar-refractivity contribution in [2.45, 2.75) is 45.4 Å². The van der Waals surface area contributed by atoms with Crippen LogP contribution in [0.15, 0.2) is 18.2 Å². The van der Waals surface area contributed by atoms with E-state index in [1.54, 1.807) is 11.0 Å². The molecule has 6 nitrogen and oxygen atoms in total. The van der Waals surface area contributed by atoms with Crippen molar-refractivity contribution in [1.29, 1.82) is 5.26 Å². The minimum absolute atomic E-state index is 0.0206. The van der Waals surface area contributed by atoms with Gasteiger partial charge in [0.1, 0.15) is 0 Å². The number of hydrogen-bond acceptors (Lipinski definition) is 4. The number of nitriles is 1. The van der Waals surface area contributed by atoms with Crippen molar-refractivity contribution in [3.05, 3.63) is 28.8 Å². The van der Waals surface area contributed by atoms with Crippen LogP contribution in [0, 0.1) is 24.2 Å². The molecule has 0 bridgehead atoms. The second-order valence-electron chi connectivity index (χ2n) is 8.32. The second-order valence-corrected chi connectivity index (χ2v) is 8.73. The van der Waals surface area contributed by atoms with Gasteiger partial charge in [0.15, 0.2) is 0 Å². The third-order valence-electron chi connectivity index (χ3n) is 6.16. The summed E-state index contributed by atoms with van der Waals surface area (Å²) in [5.41, 5.74) is 1.67. The Balaban J connectivity index is 1.56. The lowest BCUT2D eigenvalue weighted by molar-refractivity contribution is -0.138. The summed E-state index contributed by atoms with van der Waals surface area (Å²) in [5.74, 6) is 0.365. The molecule has 0 unspecified atom stereocenters. The molecule has 0 saturated carbocycles. The molecule has 2 fully saturated rings. The van der Waals surface area contributed by atoms with Gasteiger partial charge in [-0.2, -0.15) is 5.26 Å². The molecule has 7 heteroatoms. The summed E-state index contributed by atoms with van der Waals surface area (Å²) >= 11 is 6.13. The molecule has 0 aromatic heterocycles. The van der Waals surface area contributed by atoms with Gasteiger partial charge in [0.05, 0.1) is 19.0 Å². The molecule has 0 N–H and O–H groups in total. The van der Waals surface area contributed by atoms with Crippen LogP contribution < -0.4 is 4.90 Å². The number of piperidine rings is 2. The van der Waals surface area contributed by atoms with Crippen molar-refractivity contribution in [3.63, 3.8) is 0 Å². The number of carbonyl (C=O) groups excluding carboxylic acids is 2. The van der Waals surface area contributed by atoms with Crippen LogP contribution in [0.2, 0.25) is 5.02 Å². The Labute approximate surface area is 184 Å². The number of likely N-dealkylation sites (tertiary alicyclic amines) is 2. The minimum atomic E-state index is -0.0206. The normalized spacial score (nSPS) is 18.1. The van der Waals surface area contributed by atoms with Crippen molar-refractivity contribution in [1.82, 2.24) is 9.80 Å². The Morgan fingerprint density at radius 3 is 2.50 bits per heavy atom. The van der Waals surface area contributed by atoms with E-state index in [1.807, 2.05) is 24.0 Å². The third kappa shape index (κ3) is 5.74. The minimum Gasteiger partial charge on any atom is -0.342 e. The standard InChI is InChI=1S/C23H31ClN4O2/c1-18-16-20(6-7-21(18)24)28(13-5-10-25)22(29)17-26-14-8-19(9-15-26)23(30)27-11-3-2-4-12-27/h6-7,16,19H,2-5,8-9,11-15,17H2,1H3. The number of nitrogens with zero attached hydrogens (tertiary/aromatic N) is 4. The van der Waals surface area contributed by atoms with E-state index in [0.29, 0.717) is 24.0 Å². The largest absolute Gasteiger partial charge is 0.342 e. The van der Waals surface area contributed by atoms with Gasteiger partial charge >= 0.3 is 0 Å². The first kappa shape index (κ1) is 22.6. The quantitative estimate of drug-likeness (QED) is 0.691. The maximum Gasteiger partial charge on any atom is 0.241 e. The lowest BCUT2D eigenvalue weighted by Crippen LogP contribution is -2.47. The van der Waals surface area contributed by atoms with Gasteiger partial charge in [-0.15, -0.1) is 0 Å². The zero-order valence-corrected chi connectivity index (χ0v) is 18.5. The smallest absolute Gasteiger partial charge is 0.241 e. The Bertz CT molecular complexity index is 793. The molecule has 2 amide bonds. The molecule has 3 rings (SSSR count). The van der Waals surface area contributed by atoms with Crippen LogP contribution in [0.4, 0.5) is 5.69 Å². The maximum absolute atomic E-state index is 13.0. The molecule has 2 saturated heterocycles. The molecule has 0 radical (unpaired) electrons. The molecule has 162 valence electrons. The van der Waals surface area contributed by atoms with Crippen LogP contribution >= 0.6 is 11.6 Å². The summed E-state index contributed by atoms with van der Waals surface area (Å²) in [5, 5.41) is 9.66. The van der Waals surface area contributed by atoms with Crippen molar-refractivity contribution in [2.24, 2.45) is 5.92 Å². The Kier molecular flexibility index (Phi) is 8.12. The van der Waals surface area contributed by atoms with Gasteiger partial charge < -0.3 is 9.80 Å². The fourth-order valence-corrected chi connectivity index (χ4v) is 4.46. The molecule has 0 atom stereocenters. The van der Waals surface area contributed by atoms with Gasteiger partial charge in [-0.05, 0) is 75.9 Å². The Morgan fingerprint density at radius 2 is 1.87 bits per heavy atom. The van der Waals surface area contributed by atoms with Crippen LogP contribution in [-0.2, 0) is 9.59 Å². The molecule has 0 spiro atoms. The highest BCUT2D eigenvalue weighted by molar-refractivity contribution is 6.31. The summed E-state index contributed by atoms with van der Waals surface area (Å²) in [7, 11) is 0. The number of halogens is 1. The molecule has 2 aliphatic rings. The van der Waals surface area contributed by atoms with Gasteiger partial charge in [-0.1, -0.05) is 11.6 Å². The number of aryl methyl sites for hydroxylation is 1. The highest BCUT2D eigenvalue weighted by Crippen LogP contribution is 2.25. The summed E-state index contributed by atoms with van der Waals surface area (Å²) in [6, 6.07) is 7.63. The van der Waals surface area contributed by atoms with Crippen LogP contribution in [0.1, 0.15) is 44.1 Å². The number of rotatable bonds is 6. The topological polar surface area (TPSA) is 67.6 Å². The lowest BCUT2D eigenvalue weighted by atomic mass is 9.94. The number of benzene rings is 1. The lowest BCUT2D eigenvalue weighted by Gasteiger charge is -2.36. The van der Waals surface area contributed by atoms with E-state index < -0.39 is 0 Å². The molecule has 1 aromatic rings. The van der Waals surface area contributed by atoms with Crippen LogP contribution in [0.5, 0.6) is 0 Å². The number of carbonyl (C=O) groups is 2. The SMILES string of the molecule is Cc1cc(N(CCC#N)C(=O)CN2CCC(C(=O)N3CCCCC3)CC2)ccc1Cl. The zero-order chi connectivity index (χ0) is 21.5. The van der Waals surface area contributed by atoms with Crippen molar-refractivity contribution < 1.29 is 9.59 Å². The van der Waals surface area contributed by atoms with E-state index in [0.717, 1.165) is 63.1 Å². The van der Waals surface area contributed by atoms with Gasteiger partial charge in [-0.3, -0.25) is 14.5 Å². The molecule has 1 aromatic carbocycles. The molecule has 2 aliphatic heterocycles. The maximum atomic E-state index is 13.0. The average molecular weight is 431 g/mol. The van der Waals surface area contributed by atoms with Crippen molar-refractivity contribution in [3.8, 4) is 6.07 Å². The molecular weight excluding hydrogens is 400 g/mol. The third-order valence-corrected chi connectivity index (χ3v) is 6.59. The fourth-order valence-electron chi connectivity index (χ4n) is 4.34. The van der Waals surface area contributed by atoms with Gasteiger partial charge in [0.25, 0.3) is 0 Å². The first-order chi connectivity index (χ1) is 14.5. The summed E-state index contributed by atoms with van der Waals surface area (Å²) < 4.78 is 0. The first-order valence-electron chi connectivity index (χ1n) is 10.9. The average Bonchev–Trinajstić information content (AvgIpc) is 2.77. The van der Waals surface area contributed by atoms with E-state index in [-0.39, 0.29) is 18.2 Å². The van der Waals surface area contributed by atoms with Gasteiger partial charge in [0.2, 0.25) is 11.8 Å². The molecule has 0 aliphatic carbocycles. The van der Waals surface area contributed by atoms with E-state index >= 15 is 0 Å². The van der Waals surface area contributed by atoms with Crippen LogP contribution in [-0.4, -0.2) is 60.9 Å². The number of anilines is 1. The van der Waals surface area contributed by atoms with Crippen LogP contribution in [0.3, 0.4) is 0 Å². The fraction of sp³-hybridized carbons (Fsp3) is 0.609. The summed E-state index contributed by atoms with van der Waals surface area (Å²) in [6.45, 7) is 5.86. The van der Waals surface area contributed by atoms with Gasteiger partial charge in [0, 0.05) is 36.3 Å². The van der Waals surface area contributed by atoms with Gasteiger partial charge in [-0.25, -0.2) is 0 Å². The second kappa shape index (κ2) is 10.8. The first-order valence-corrected chi connectivity index (χ1v) is 11.3. The molecule has 30 heavy (non-hydrogen) atoms. The predicted octanol–water partition coefficient (Wildman–Crippen LogP) is 3.62. The Hall–Kier alpha value is -2.10. The van der Waals surface area contributed by atoms with Crippen molar-refractivity contribution >= 4 is 29.1 Å². The predicted molar refractivity (Wildman–Crippen MR) is 118 cm³/mol.